The molecule has 0 atom stereocenters. The standard InChI is InChI=1S/C24H21N5O3/c1-31-21-10-9-18(27-23(30)17(15-25)13-16-7-8-16)14-20(21)28-24-26-12-11-22(29-24)32-19-5-3-2-4-6-19/h2-6,9-14,16H,7-8H2,1H3,(H,27,30)(H,26,28,29). The van der Waals surface area contributed by atoms with Gasteiger partial charge in [-0.15, -0.1) is 0 Å². The fourth-order valence-corrected chi connectivity index (χ4v) is 2.93. The Labute approximate surface area is 185 Å². The van der Waals surface area contributed by atoms with Crippen LogP contribution in [0.2, 0.25) is 0 Å². The fraction of sp³-hybridized carbons (Fsp3) is 0.167. The van der Waals surface area contributed by atoms with E-state index in [9.17, 15) is 10.1 Å². The highest BCUT2D eigenvalue weighted by Crippen LogP contribution is 2.32. The van der Waals surface area contributed by atoms with Crippen molar-refractivity contribution in [3.8, 4) is 23.4 Å². The molecule has 0 unspecified atom stereocenters. The van der Waals surface area contributed by atoms with Crippen LogP contribution in [0, 0.1) is 17.2 Å². The summed E-state index contributed by atoms with van der Waals surface area (Å²) in [6, 6.07) is 18.0. The molecule has 160 valence electrons. The Morgan fingerprint density at radius 2 is 2.00 bits per heavy atom. The SMILES string of the molecule is COc1ccc(NC(=O)C(C#N)=CC2CC2)cc1Nc1nccc(Oc2ccccc2)n1. The third-order valence-electron chi connectivity index (χ3n) is 4.69. The number of rotatable bonds is 8. The maximum absolute atomic E-state index is 12.5. The summed E-state index contributed by atoms with van der Waals surface area (Å²) in [6.07, 6.45) is 5.34. The van der Waals surface area contributed by atoms with Gasteiger partial charge in [-0.2, -0.15) is 10.2 Å². The molecule has 0 spiro atoms. The number of nitriles is 1. The predicted molar refractivity (Wildman–Crippen MR) is 120 cm³/mol. The van der Waals surface area contributed by atoms with E-state index in [2.05, 4.69) is 20.6 Å². The van der Waals surface area contributed by atoms with Gasteiger partial charge in [-0.05, 0) is 49.1 Å². The Balaban J connectivity index is 1.51. The number of hydrogen-bond donors (Lipinski definition) is 2. The molecule has 1 amide bonds. The van der Waals surface area contributed by atoms with Gasteiger partial charge in [-0.1, -0.05) is 24.3 Å². The van der Waals surface area contributed by atoms with E-state index in [0.717, 1.165) is 12.8 Å². The molecule has 1 heterocycles. The van der Waals surface area contributed by atoms with Gasteiger partial charge in [0.15, 0.2) is 0 Å². The van der Waals surface area contributed by atoms with Crippen molar-refractivity contribution in [2.24, 2.45) is 5.92 Å². The Morgan fingerprint density at radius 3 is 2.72 bits per heavy atom. The number of carbonyl (C=O) groups is 1. The van der Waals surface area contributed by atoms with Gasteiger partial charge in [-0.25, -0.2) is 4.98 Å². The largest absolute Gasteiger partial charge is 0.495 e. The van der Waals surface area contributed by atoms with Crippen LogP contribution in [-0.4, -0.2) is 23.0 Å². The Morgan fingerprint density at radius 1 is 1.19 bits per heavy atom. The fourth-order valence-electron chi connectivity index (χ4n) is 2.93. The zero-order valence-corrected chi connectivity index (χ0v) is 17.4. The molecule has 8 nitrogen and oxygen atoms in total. The molecule has 0 aliphatic heterocycles. The van der Waals surface area contributed by atoms with E-state index in [1.165, 1.54) is 0 Å². The number of benzene rings is 2. The summed E-state index contributed by atoms with van der Waals surface area (Å²) in [4.78, 5) is 21.1. The van der Waals surface area contributed by atoms with Crippen LogP contribution in [-0.2, 0) is 4.79 Å². The second kappa shape index (κ2) is 9.62. The number of amides is 1. The number of anilines is 3. The maximum atomic E-state index is 12.5. The van der Waals surface area contributed by atoms with Gasteiger partial charge in [0.2, 0.25) is 11.8 Å². The molecule has 1 aliphatic carbocycles. The second-order valence-electron chi connectivity index (χ2n) is 7.16. The molecule has 1 fully saturated rings. The first-order valence-corrected chi connectivity index (χ1v) is 10.1. The van der Waals surface area contributed by atoms with E-state index in [-0.39, 0.29) is 5.57 Å². The van der Waals surface area contributed by atoms with Crippen LogP contribution in [0.4, 0.5) is 17.3 Å². The molecule has 2 N–H and O–H groups in total. The average Bonchev–Trinajstić information content (AvgIpc) is 3.63. The zero-order valence-electron chi connectivity index (χ0n) is 17.4. The summed E-state index contributed by atoms with van der Waals surface area (Å²) in [5, 5.41) is 15.1. The first kappa shape index (κ1) is 20.9. The lowest BCUT2D eigenvalue weighted by Crippen LogP contribution is -2.14. The van der Waals surface area contributed by atoms with E-state index < -0.39 is 5.91 Å². The lowest BCUT2D eigenvalue weighted by molar-refractivity contribution is -0.112. The van der Waals surface area contributed by atoms with Crippen molar-refractivity contribution in [2.75, 3.05) is 17.7 Å². The molecule has 1 aliphatic rings. The Kier molecular flexibility index (Phi) is 6.28. The summed E-state index contributed by atoms with van der Waals surface area (Å²) in [6.45, 7) is 0. The van der Waals surface area contributed by atoms with Crippen LogP contribution < -0.4 is 20.1 Å². The van der Waals surface area contributed by atoms with E-state index in [1.807, 2.05) is 36.4 Å². The van der Waals surface area contributed by atoms with Gasteiger partial charge in [-0.3, -0.25) is 4.79 Å². The van der Waals surface area contributed by atoms with Crippen molar-refractivity contribution < 1.29 is 14.3 Å². The van der Waals surface area contributed by atoms with E-state index >= 15 is 0 Å². The number of methoxy groups -OCH3 is 1. The van der Waals surface area contributed by atoms with Crippen LogP contribution in [0.5, 0.6) is 17.4 Å². The van der Waals surface area contributed by atoms with Crippen molar-refractivity contribution in [3.05, 3.63) is 72.4 Å². The Hall–Kier alpha value is -4.38. The topological polar surface area (TPSA) is 109 Å². The molecule has 0 saturated heterocycles. The molecular formula is C24H21N5O3. The van der Waals surface area contributed by atoms with Gasteiger partial charge in [0.1, 0.15) is 23.1 Å². The summed E-state index contributed by atoms with van der Waals surface area (Å²) in [5.41, 5.74) is 1.17. The third-order valence-corrected chi connectivity index (χ3v) is 4.69. The normalized spacial score (nSPS) is 13.1. The smallest absolute Gasteiger partial charge is 0.265 e. The van der Waals surface area contributed by atoms with E-state index in [1.54, 1.807) is 43.6 Å². The quantitative estimate of drug-likeness (QED) is 0.392. The number of hydrogen-bond acceptors (Lipinski definition) is 7. The summed E-state index contributed by atoms with van der Waals surface area (Å²) < 4.78 is 11.2. The predicted octanol–water partition coefficient (Wildman–Crippen LogP) is 4.82. The minimum absolute atomic E-state index is 0.118. The molecular weight excluding hydrogens is 406 g/mol. The lowest BCUT2D eigenvalue weighted by Gasteiger charge is -2.13. The second-order valence-corrected chi connectivity index (χ2v) is 7.16. The van der Waals surface area contributed by atoms with Crippen molar-refractivity contribution in [1.82, 2.24) is 9.97 Å². The number of aromatic nitrogens is 2. The number of carbonyl (C=O) groups excluding carboxylic acids is 1. The highest BCUT2D eigenvalue weighted by atomic mass is 16.5. The molecule has 0 radical (unpaired) electrons. The molecule has 1 aromatic heterocycles. The van der Waals surface area contributed by atoms with Crippen molar-refractivity contribution in [3.63, 3.8) is 0 Å². The monoisotopic (exact) mass is 427 g/mol. The molecule has 0 bridgehead atoms. The molecule has 2 aromatic carbocycles. The first-order chi connectivity index (χ1) is 15.6. The van der Waals surface area contributed by atoms with Gasteiger partial charge < -0.3 is 20.1 Å². The van der Waals surface area contributed by atoms with Crippen LogP contribution in [0.3, 0.4) is 0 Å². The number of nitrogens with zero attached hydrogens (tertiary/aromatic N) is 3. The summed E-state index contributed by atoms with van der Waals surface area (Å²) >= 11 is 0. The van der Waals surface area contributed by atoms with Crippen LogP contribution in [0.15, 0.2) is 72.4 Å². The minimum atomic E-state index is -0.440. The molecule has 8 heteroatoms. The van der Waals surface area contributed by atoms with Gasteiger partial charge >= 0.3 is 0 Å². The van der Waals surface area contributed by atoms with Gasteiger partial charge in [0.05, 0.1) is 12.8 Å². The van der Waals surface area contributed by atoms with Crippen LogP contribution >= 0.6 is 0 Å². The van der Waals surface area contributed by atoms with Crippen LogP contribution in [0.1, 0.15) is 12.8 Å². The molecule has 3 aromatic rings. The summed E-state index contributed by atoms with van der Waals surface area (Å²) in [5.74, 6) is 1.76. The van der Waals surface area contributed by atoms with Crippen molar-refractivity contribution >= 4 is 23.2 Å². The van der Waals surface area contributed by atoms with Crippen LogP contribution in [0.25, 0.3) is 0 Å². The minimum Gasteiger partial charge on any atom is -0.495 e. The van der Waals surface area contributed by atoms with E-state index in [4.69, 9.17) is 9.47 Å². The van der Waals surface area contributed by atoms with Crippen molar-refractivity contribution in [2.45, 2.75) is 12.8 Å². The maximum Gasteiger partial charge on any atom is 0.265 e. The van der Waals surface area contributed by atoms with E-state index in [0.29, 0.717) is 40.6 Å². The molecule has 32 heavy (non-hydrogen) atoms. The molecule has 1 saturated carbocycles. The lowest BCUT2D eigenvalue weighted by atomic mass is 10.2. The number of nitrogens with one attached hydrogen (secondary N) is 2. The summed E-state index contributed by atoms with van der Waals surface area (Å²) in [7, 11) is 1.54. The van der Waals surface area contributed by atoms with Crippen molar-refractivity contribution in [1.29, 1.82) is 5.26 Å². The zero-order chi connectivity index (χ0) is 22.3. The van der Waals surface area contributed by atoms with Gasteiger partial charge in [0, 0.05) is 18.0 Å². The Bertz CT molecular complexity index is 1180. The number of ether oxygens (including phenoxy) is 2. The average molecular weight is 427 g/mol. The number of para-hydroxylation sites is 1. The number of allylic oxidation sites excluding steroid dienone is 1. The molecule has 4 rings (SSSR count). The highest BCUT2D eigenvalue weighted by Gasteiger charge is 2.22. The van der Waals surface area contributed by atoms with Gasteiger partial charge in [0.25, 0.3) is 5.91 Å². The highest BCUT2D eigenvalue weighted by molar-refractivity contribution is 6.06. The first-order valence-electron chi connectivity index (χ1n) is 10.1. The third kappa shape index (κ3) is 5.40.